The van der Waals surface area contributed by atoms with Gasteiger partial charge < -0.3 is 19.4 Å². The van der Waals surface area contributed by atoms with E-state index >= 15 is 4.39 Å². The van der Waals surface area contributed by atoms with Gasteiger partial charge in [0.05, 0.1) is 29.6 Å². The van der Waals surface area contributed by atoms with Crippen LogP contribution in [0.1, 0.15) is 55.0 Å². The molecule has 3 atom stereocenters. The van der Waals surface area contributed by atoms with Gasteiger partial charge in [-0.3, -0.25) is 4.79 Å². The topological polar surface area (TPSA) is 85.6 Å². The van der Waals surface area contributed by atoms with E-state index < -0.39 is 5.41 Å². The molecule has 2 saturated heterocycles. The second-order valence-electron chi connectivity index (χ2n) is 11.8. The first-order valence-corrected chi connectivity index (χ1v) is 14.6. The number of carbonyl (C=O) groups excluding carboxylic acids is 1. The van der Waals surface area contributed by atoms with E-state index in [9.17, 15) is 10.1 Å². The summed E-state index contributed by atoms with van der Waals surface area (Å²) in [6.45, 7) is 8.55. The van der Waals surface area contributed by atoms with Crippen molar-refractivity contribution in [3.05, 3.63) is 65.1 Å². The summed E-state index contributed by atoms with van der Waals surface area (Å²) in [6, 6.07) is 10.6. The van der Waals surface area contributed by atoms with E-state index in [4.69, 9.17) is 14.7 Å². The van der Waals surface area contributed by atoms with Crippen LogP contribution in [0, 0.1) is 11.3 Å². The van der Waals surface area contributed by atoms with Crippen LogP contribution in [0.2, 0.25) is 0 Å². The number of nitrogens with zero attached hydrogens (tertiary/aromatic N) is 6. The number of likely N-dealkylation sites (tertiary alicyclic amines) is 1. The number of ether oxygens (including phenoxy) is 1. The fraction of sp³-hybridized carbons (Fsp3) is 0.500. The highest BCUT2D eigenvalue weighted by Gasteiger charge is 2.48. The lowest BCUT2D eigenvalue weighted by atomic mass is 9.69. The largest absolute Gasteiger partial charge is 0.462 e. The Morgan fingerprint density at radius 1 is 1.27 bits per heavy atom. The number of anilines is 1. The first-order valence-electron chi connectivity index (χ1n) is 14.6. The molecule has 41 heavy (non-hydrogen) atoms. The van der Waals surface area contributed by atoms with Gasteiger partial charge in [-0.1, -0.05) is 30.8 Å². The van der Waals surface area contributed by atoms with Crippen molar-refractivity contribution in [3.8, 4) is 12.1 Å². The van der Waals surface area contributed by atoms with Gasteiger partial charge in [-0.2, -0.15) is 15.2 Å². The Morgan fingerprint density at radius 3 is 2.85 bits per heavy atom. The summed E-state index contributed by atoms with van der Waals surface area (Å²) in [5.74, 6) is 0.546. The Labute approximate surface area is 241 Å². The molecule has 9 heteroatoms. The lowest BCUT2D eigenvalue weighted by Crippen LogP contribution is -2.55. The molecule has 0 N–H and O–H groups in total. The fourth-order valence-electron chi connectivity index (χ4n) is 7.27. The third-order valence-electron chi connectivity index (χ3n) is 9.56. The van der Waals surface area contributed by atoms with Crippen molar-refractivity contribution in [2.24, 2.45) is 0 Å². The van der Waals surface area contributed by atoms with Crippen LogP contribution in [0.25, 0.3) is 5.57 Å². The molecule has 6 rings (SSSR count). The van der Waals surface area contributed by atoms with Crippen LogP contribution in [0.3, 0.4) is 0 Å². The number of allylic oxidation sites excluding steroid dienone is 2. The molecule has 1 amide bonds. The lowest BCUT2D eigenvalue weighted by molar-refractivity contribution is -0.128. The van der Waals surface area contributed by atoms with Crippen molar-refractivity contribution in [2.75, 3.05) is 44.7 Å². The van der Waals surface area contributed by atoms with Crippen molar-refractivity contribution >= 4 is 17.3 Å². The maximum absolute atomic E-state index is 16.1. The Hall–Kier alpha value is -3.77. The van der Waals surface area contributed by atoms with Crippen molar-refractivity contribution in [1.29, 1.82) is 5.26 Å². The molecule has 0 radical (unpaired) electrons. The average Bonchev–Trinajstić information content (AvgIpc) is 3.50. The second-order valence-corrected chi connectivity index (χ2v) is 11.8. The minimum atomic E-state index is -0.735. The van der Waals surface area contributed by atoms with Crippen molar-refractivity contribution in [3.63, 3.8) is 0 Å². The number of carbonyl (C=O) groups is 1. The quantitative estimate of drug-likeness (QED) is 0.493. The molecule has 2 aliphatic carbocycles. The van der Waals surface area contributed by atoms with Gasteiger partial charge in [0.15, 0.2) is 0 Å². The number of benzene rings is 1. The van der Waals surface area contributed by atoms with Crippen LogP contribution in [0.15, 0.2) is 42.7 Å². The first-order chi connectivity index (χ1) is 19.9. The van der Waals surface area contributed by atoms with Gasteiger partial charge in [0, 0.05) is 37.7 Å². The molecule has 214 valence electrons. The van der Waals surface area contributed by atoms with Crippen LogP contribution in [0.4, 0.5) is 10.2 Å². The van der Waals surface area contributed by atoms with Gasteiger partial charge in [-0.05, 0) is 69.0 Å². The van der Waals surface area contributed by atoms with Gasteiger partial charge >= 0.3 is 6.01 Å². The minimum absolute atomic E-state index is 0.0646. The second kappa shape index (κ2) is 10.9. The first kappa shape index (κ1) is 27.4. The molecule has 2 aromatic rings. The minimum Gasteiger partial charge on any atom is -0.462 e. The normalized spacial score (nSPS) is 25.7. The van der Waals surface area contributed by atoms with E-state index in [1.165, 1.54) is 6.08 Å². The Bertz CT molecular complexity index is 1450. The zero-order valence-corrected chi connectivity index (χ0v) is 23.9. The fourth-order valence-corrected chi connectivity index (χ4v) is 7.27. The maximum atomic E-state index is 16.1. The molecule has 0 bridgehead atoms. The molecule has 3 heterocycles. The number of halogens is 1. The van der Waals surface area contributed by atoms with E-state index in [0.717, 1.165) is 47.6 Å². The van der Waals surface area contributed by atoms with E-state index in [1.807, 2.05) is 31.2 Å². The van der Waals surface area contributed by atoms with E-state index in [0.29, 0.717) is 63.1 Å². The summed E-state index contributed by atoms with van der Waals surface area (Å²) in [6.07, 6.45) is 5.42. The monoisotopic (exact) mass is 556 g/mol. The number of nitriles is 1. The molecule has 1 aromatic carbocycles. The summed E-state index contributed by atoms with van der Waals surface area (Å²) in [4.78, 5) is 28.5. The van der Waals surface area contributed by atoms with Gasteiger partial charge in [0.1, 0.15) is 18.3 Å². The Morgan fingerprint density at radius 2 is 2.10 bits per heavy atom. The van der Waals surface area contributed by atoms with E-state index in [1.54, 1.807) is 4.90 Å². The zero-order chi connectivity index (χ0) is 28.7. The number of likely N-dealkylation sites (N-methyl/N-ethyl adjacent to an activating group) is 1. The number of aromatic nitrogens is 2. The van der Waals surface area contributed by atoms with Crippen LogP contribution in [-0.2, 0) is 23.1 Å². The number of hydrogen-bond donors (Lipinski definition) is 0. The van der Waals surface area contributed by atoms with Crippen LogP contribution in [0.5, 0.6) is 6.01 Å². The summed E-state index contributed by atoms with van der Waals surface area (Å²) >= 11 is 0. The number of amides is 1. The molecule has 1 aromatic heterocycles. The summed E-state index contributed by atoms with van der Waals surface area (Å²) in [5.41, 5.74) is 3.81. The zero-order valence-electron chi connectivity index (χ0n) is 23.9. The molecular weight excluding hydrogens is 519 g/mol. The Kier molecular flexibility index (Phi) is 7.28. The van der Waals surface area contributed by atoms with Crippen LogP contribution in [-0.4, -0.2) is 77.6 Å². The molecule has 2 aliphatic heterocycles. The summed E-state index contributed by atoms with van der Waals surface area (Å²) in [5, 5.41) is 9.50. The van der Waals surface area contributed by atoms with Gasteiger partial charge in [-0.15, -0.1) is 0 Å². The molecule has 1 unspecified atom stereocenters. The van der Waals surface area contributed by atoms with E-state index in [-0.39, 0.29) is 24.2 Å². The summed E-state index contributed by atoms with van der Waals surface area (Å²) in [7, 11) is 2.11. The van der Waals surface area contributed by atoms with Crippen LogP contribution >= 0.6 is 0 Å². The van der Waals surface area contributed by atoms with Gasteiger partial charge in [0.25, 0.3) is 0 Å². The number of rotatable bonds is 6. The number of hydrogen-bond acceptors (Lipinski definition) is 7. The van der Waals surface area contributed by atoms with Crippen molar-refractivity contribution < 1.29 is 13.9 Å². The molecule has 0 saturated carbocycles. The van der Waals surface area contributed by atoms with Crippen molar-refractivity contribution in [1.82, 2.24) is 19.8 Å². The third kappa shape index (κ3) is 4.68. The average molecular weight is 557 g/mol. The third-order valence-corrected chi connectivity index (χ3v) is 9.56. The molecule has 1 spiro atoms. The summed E-state index contributed by atoms with van der Waals surface area (Å²) < 4.78 is 22.3. The predicted octanol–water partition coefficient (Wildman–Crippen LogP) is 4.21. The molecule has 4 aliphatic rings. The predicted molar refractivity (Wildman–Crippen MR) is 155 cm³/mol. The highest BCUT2D eigenvalue weighted by atomic mass is 19.1. The van der Waals surface area contributed by atoms with Gasteiger partial charge in [0.2, 0.25) is 5.91 Å². The maximum Gasteiger partial charge on any atom is 0.318 e. The number of fused-ring (bicyclic) bond motifs is 3. The number of piperazine rings is 1. The van der Waals surface area contributed by atoms with Crippen LogP contribution < -0.4 is 9.64 Å². The van der Waals surface area contributed by atoms with Gasteiger partial charge in [-0.25, -0.2) is 4.39 Å². The lowest BCUT2D eigenvalue weighted by Gasteiger charge is -2.42. The SMILES string of the molecule is C=CC(=O)N1CCN(c2nc(OC[C@@H]3CCCN3C)nc3c2CCC2(C3)C(F)=C(C)c3ccccc32)C[C@@H]1CC#N. The van der Waals surface area contributed by atoms with Crippen molar-refractivity contribution in [2.45, 2.75) is 62.9 Å². The Balaban J connectivity index is 1.37. The standard InChI is InChI=1S/C32H37FN6O2/c1-4-28(40)39-17-16-38(19-22(39)12-14-34)30-25-11-13-32(26-10-6-5-9-24(26)21(2)29(32)33)18-27(25)35-31(36-30)41-20-23-8-7-15-37(23)3/h4-6,9-10,22-23H,1,7-8,11-13,15-20H2,2-3H3/t22-,23-,32?/m0/s1. The molecular formula is C32H37FN6O2. The molecule has 2 fully saturated rings. The molecule has 8 nitrogen and oxygen atoms in total. The highest BCUT2D eigenvalue weighted by molar-refractivity contribution is 5.87. The smallest absolute Gasteiger partial charge is 0.318 e. The highest BCUT2D eigenvalue weighted by Crippen LogP contribution is 2.54. The van der Waals surface area contributed by atoms with E-state index in [2.05, 4.69) is 29.5 Å².